The maximum absolute atomic E-state index is 13.2. The second-order valence-electron chi connectivity index (χ2n) is 7.63. The van der Waals surface area contributed by atoms with E-state index in [1.54, 1.807) is 42.5 Å². The van der Waals surface area contributed by atoms with Gasteiger partial charge in [0, 0.05) is 35.3 Å². The Morgan fingerprint density at radius 1 is 0.868 bits per heavy atom. The summed E-state index contributed by atoms with van der Waals surface area (Å²) in [6, 6.07) is 16.4. The molecule has 2 aromatic heterocycles. The molecular formula is C25H17F6N5O2. The molecule has 0 unspecified atom stereocenters. The molecule has 0 bridgehead atoms. The fraction of sp³-hybridized carbons (Fsp3) is 0.120. The number of anilines is 2. The van der Waals surface area contributed by atoms with Gasteiger partial charge < -0.3 is 15.2 Å². The average molecular weight is 533 g/mol. The zero-order chi connectivity index (χ0) is 28.1. The molecule has 0 spiro atoms. The topological polar surface area (TPSA) is 104 Å². The predicted molar refractivity (Wildman–Crippen MR) is 124 cm³/mol. The third kappa shape index (κ3) is 5.35. The van der Waals surface area contributed by atoms with Gasteiger partial charge in [-0.2, -0.15) is 36.7 Å². The molecule has 2 aromatic carbocycles. The summed E-state index contributed by atoms with van der Waals surface area (Å²) in [5.74, 6) is 0.334. The zero-order valence-corrected chi connectivity index (χ0v) is 19.1. The van der Waals surface area contributed by atoms with Crippen molar-refractivity contribution in [3.8, 4) is 23.0 Å². The number of rotatable bonds is 5. The highest BCUT2D eigenvalue weighted by atomic mass is 19.4. The fourth-order valence-corrected chi connectivity index (χ4v) is 3.44. The van der Waals surface area contributed by atoms with E-state index < -0.39 is 23.5 Å². The number of aromatic nitrogens is 3. The maximum Gasteiger partial charge on any atom is 0.430 e. The third-order valence-corrected chi connectivity index (χ3v) is 5.32. The van der Waals surface area contributed by atoms with Gasteiger partial charge in [-0.1, -0.05) is 12.1 Å². The van der Waals surface area contributed by atoms with Crippen molar-refractivity contribution in [3.63, 3.8) is 0 Å². The number of pyridine rings is 1. The largest absolute Gasteiger partial charge is 0.430 e. The van der Waals surface area contributed by atoms with E-state index in [0.29, 0.717) is 40.5 Å². The van der Waals surface area contributed by atoms with Crippen LogP contribution in [0.25, 0.3) is 16.9 Å². The van der Waals surface area contributed by atoms with Crippen LogP contribution < -0.4 is 5.32 Å². The average Bonchev–Trinajstić information content (AvgIpc) is 3.33. The number of halogens is 6. The molecule has 0 aliphatic carbocycles. The van der Waals surface area contributed by atoms with E-state index in [-0.39, 0.29) is 5.69 Å². The van der Waals surface area contributed by atoms with E-state index in [2.05, 4.69) is 15.4 Å². The summed E-state index contributed by atoms with van der Waals surface area (Å²) in [6.45, 7) is 2.00. The smallest absolute Gasteiger partial charge is 0.369 e. The summed E-state index contributed by atoms with van der Waals surface area (Å²) in [6.07, 6.45) is -8.91. The minimum atomic E-state index is -5.99. The Kier molecular flexibility index (Phi) is 7.87. The van der Waals surface area contributed by atoms with Crippen LogP contribution in [0, 0.1) is 11.3 Å². The number of benzene rings is 2. The third-order valence-electron chi connectivity index (χ3n) is 5.32. The lowest BCUT2D eigenvalue weighted by Crippen LogP contribution is -2.53. The van der Waals surface area contributed by atoms with Gasteiger partial charge in [-0.15, -0.1) is 0 Å². The molecule has 38 heavy (non-hydrogen) atoms. The molecule has 7 nitrogen and oxygen atoms in total. The van der Waals surface area contributed by atoms with Gasteiger partial charge in [0.15, 0.2) is 0 Å². The number of carbonyl (C=O) groups is 1. The van der Waals surface area contributed by atoms with Gasteiger partial charge in [0.1, 0.15) is 12.6 Å². The SMILES string of the molecule is C=O.N#Cc1ccc(Nc2cc(-c3ccncc3)nn2-c2ccc(C(O)(C(F)(F)F)C(F)(F)F)cc2)cc1. The summed E-state index contributed by atoms with van der Waals surface area (Å²) in [5, 5.41) is 26.1. The van der Waals surface area contributed by atoms with E-state index in [4.69, 9.17) is 10.1 Å². The van der Waals surface area contributed by atoms with E-state index >= 15 is 0 Å². The predicted octanol–water partition coefficient (Wildman–Crippen LogP) is 5.68. The molecule has 0 aliphatic heterocycles. The first-order chi connectivity index (χ1) is 17.9. The molecule has 0 saturated carbocycles. The molecule has 2 heterocycles. The normalized spacial score (nSPS) is 11.7. The molecule has 4 rings (SSSR count). The Morgan fingerprint density at radius 2 is 1.42 bits per heavy atom. The second-order valence-corrected chi connectivity index (χ2v) is 7.63. The Morgan fingerprint density at radius 3 is 1.92 bits per heavy atom. The Hall–Kier alpha value is -4.70. The molecule has 0 atom stereocenters. The highest BCUT2D eigenvalue weighted by Crippen LogP contribution is 2.50. The summed E-state index contributed by atoms with van der Waals surface area (Å²) >= 11 is 0. The number of hydrogen-bond donors (Lipinski definition) is 2. The van der Waals surface area contributed by atoms with Crippen LogP contribution in [0.5, 0.6) is 0 Å². The Bertz CT molecular complexity index is 1400. The number of nitriles is 1. The van der Waals surface area contributed by atoms with Crippen LogP contribution in [0.15, 0.2) is 79.1 Å². The van der Waals surface area contributed by atoms with Crippen LogP contribution in [0.4, 0.5) is 37.8 Å². The number of hydrogen-bond acceptors (Lipinski definition) is 6. The maximum atomic E-state index is 13.2. The van der Waals surface area contributed by atoms with E-state index in [0.717, 1.165) is 12.1 Å². The zero-order valence-electron chi connectivity index (χ0n) is 19.1. The van der Waals surface area contributed by atoms with Crippen molar-refractivity contribution < 1.29 is 36.2 Å². The van der Waals surface area contributed by atoms with E-state index in [9.17, 15) is 31.4 Å². The fourth-order valence-electron chi connectivity index (χ4n) is 3.44. The van der Waals surface area contributed by atoms with Crippen LogP contribution in [0.3, 0.4) is 0 Å². The lowest BCUT2D eigenvalue weighted by atomic mass is 9.92. The van der Waals surface area contributed by atoms with Gasteiger partial charge in [0.05, 0.1) is 23.0 Å². The highest BCUT2D eigenvalue weighted by molar-refractivity contribution is 5.68. The van der Waals surface area contributed by atoms with Gasteiger partial charge >= 0.3 is 12.4 Å². The number of alkyl halides is 6. The molecule has 196 valence electrons. The molecule has 4 aromatic rings. The van der Waals surface area contributed by atoms with Gasteiger partial charge in [-0.05, 0) is 48.5 Å². The molecule has 0 amide bonds. The van der Waals surface area contributed by atoms with E-state index in [1.165, 1.54) is 17.1 Å². The molecule has 2 N–H and O–H groups in total. The number of carbonyl (C=O) groups excluding carboxylic acids is 1. The molecule has 0 fully saturated rings. The van der Waals surface area contributed by atoms with Crippen LogP contribution in [0.1, 0.15) is 11.1 Å². The van der Waals surface area contributed by atoms with Crippen molar-refractivity contribution >= 4 is 18.3 Å². The molecule has 0 saturated heterocycles. The highest BCUT2D eigenvalue weighted by Gasteiger charge is 2.71. The first kappa shape index (κ1) is 27.9. The quantitative estimate of drug-likeness (QED) is 0.320. The molecule has 13 heteroatoms. The Balaban J connectivity index is 0.00000195. The molecular weight excluding hydrogens is 516 g/mol. The summed E-state index contributed by atoms with van der Waals surface area (Å²) in [5.41, 5.74) is -4.21. The van der Waals surface area contributed by atoms with E-state index in [1.807, 2.05) is 12.9 Å². The van der Waals surface area contributed by atoms with Crippen molar-refractivity contribution in [2.75, 3.05) is 5.32 Å². The number of aliphatic hydroxyl groups is 1. The molecule has 0 radical (unpaired) electrons. The second kappa shape index (κ2) is 10.7. The first-order valence-electron chi connectivity index (χ1n) is 10.5. The van der Waals surface area contributed by atoms with Crippen molar-refractivity contribution in [3.05, 3.63) is 90.3 Å². The Labute approximate surface area is 211 Å². The van der Waals surface area contributed by atoms with Gasteiger partial charge in [0.2, 0.25) is 0 Å². The van der Waals surface area contributed by atoms with Crippen LogP contribution in [0.2, 0.25) is 0 Å². The number of nitrogens with zero attached hydrogens (tertiary/aromatic N) is 4. The minimum Gasteiger partial charge on any atom is -0.369 e. The first-order valence-corrected chi connectivity index (χ1v) is 10.5. The van der Waals surface area contributed by atoms with Crippen molar-refractivity contribution in [2.45, 2.75) is 18.0 Å². The van der Waals surface area contributed by atoms with Crippen molar-refractivity contribution in [1.29, 1.82) is 5.26 Å². The van der Waals surface area contributed by atoms with Crippen LogP contribution >= 0.6 is 0 Å². The lowest BCUT2D eigenvalue weighted by Gasteiger charge is -2.32. The van der Waals surface area contributed by atoms with Crippen molar-refractivity contribution in [2.24, 2.45) is 0 Å². The van der Waals surface area contributed by atoms with Crippen LogP contribution in [-0.4, -0.2) is 39.0 Å². The van der Waals surface area contributed by atoms with Crippen molar-refractivity contribution in [1.82, 2.24) is 14.8 Å². The minimum absolute atomic E-state index is 0.127. The summed E-state index contributed by atoms with van der Waals surface area (Å²) < 4.78 is 80.7. The summed E-state index contributed by atoms with van der Waals surface area (Å²) in [7, 11) is 0. The molecule has 0 aliphatic rings. The number of nitrogens with one attached hydrogen (secondary N) is 1. The van der Waals surface area contributed by atoms with Gasteiger partial charge in [-0.25, -0.2) is 4.68 Å². The lowest BCUT2D eigenvalue weighted by molar-refractivity contribution is -0.376. The standard InChI is InChI=1S/C24H15F6N5O.CH2O/c25-23(26,27)22(36,24(28,29)30)17-3-7-19(8-4-17)35-21(33-18-5-1-15(14-31)2-6-18)13-20(34-35)16-9-11-32-12-10-16;1-2/h1-13,33,36H;1H2. The summed E-state index contributed by atoms with van der Waals surface area (Å²) in [4.78, 5) is 11.9. The van der Waals surface area contributed by atoms with Crippen LogP contribution in [-0.2, 0) is 10.4 Å². The van der Waals surface area contributed by atoms with Gasteiger partial charge in [-0.3, -0.25) is 4.98 Å². The van der Waals surface area contributed by atoms with Gasteiger partial charge in [0.25, 0.3) is 5.60 Å². The monoisotopic (exact) mass is 533 g/mol.